The molecule has 124 valence electrons. The molecule has 2 aromatic rings. The number of nitrogens with zero attached hydrogens (tertiary/aromatic N) is 3. The minimum Gasteiger partial charge on any atom is -0.362 e. The lowest BCUT2D eigenvalue weighted by molar-refractivity contribution is 0.400. The van der Waals surface area contributed by atoms with Crippen LogP contribution in [0, 0.1) is 5.82 Å². The molecule has 0 aliphatic heterocycles. The van der Waals surface area contributed by atoms with Gasteiger partial charge in [0.15, 0.2) is 10.9 Å². The average Bonchev–Trinajstić information content (AvgIpc) is 2.93. The van der Waals surface area contributed by atoms with Crippen molar-refractivity contribution in [1.82, 2.24) is 20.0 Å². The zero-order chi connectivity index (χ0) is 16.7. The number of thiocarbonyl (C=S) groups is 1. The van der Waals surface area contributed by atoms with Gasteiger partial charge in [0, 0.05) is 24.4 Å². The molecule has 0 spiro atoms. The van der Waals surface area contributed by atoms with Crippen LogP contribution < -0.4 is 10.6 Å². The number of hydrogen-bond acceptors (Lipinski definition) is 3. The molecule has 0 atom stereocenters. The van der Waals surface area contributed by atoms with E-state index in [4.69, 9.17) is 12.2 Å². The van der Waals surface area contributed by atoms with E-state index in [9.17, 15) is 4.39 Å². The lowest BCUT2D eigenvalue weighted by Gasteiger charge is -2.11. The van der Waals surface area contributed by atoms with Crippen molar-refractivity contribution in [2.75, 3.05) is 32.5 Å². The van der Waals surface area contributed by atoms with E-state index < -0.39 is 0 Å². The molecule has 0 fully saturated rings. The summed E-state index contributed by atoms with van der Waals surface area (Å²) in [6.45, 7) is 2.20. The van der Waals surface area contributed by atoms with Crippen LogP contribution >= 0.6 is 12.2 Å². The van der Waals surface area contributed by atoms with Gasteiger partial charge in [-0.05, 0) is 45.3 Å². The first-order chi connectivity index (χ1) is 11.0. The summed E-state index contributed by atoms with van der Waals surface area (Å²) >= 11 is 5.23. The van der Waals surface area contributed by atoms with E-state index in [-0.39, 0.29) is 5.82 Å². The highest BCUT2D eigenvalue weighted by molar-refractivity contribution is 7.80. The van der Waals surface area contributed by atoms with Crippen LogP contribution in [0.3, 0.4) is 0 Å². The summed E-state index contributed by atoms with van der Waals surface area (Å²) in [6, 6.07) is 8.50. The van der Waals surface area contributed by atoms with E-state index in [1.54, 1.807) is 23.0 Å². The Kier molecular flexibility index (Phi) is 6.49. The molecule has 0 aliphatic carbocycles. The zero-order valence-electron chi connectivity index (χ0n) is 13.4. The monoisotopic (exact) mass is 335 g/mol. The summed E-state index contributed by atoms with van der Waals surface area (Å²) < 4.78 is 15.3. The van der Waals surface area contributed by atoms with Crippen molar-refractivity contribution in [2.24, 2.45) is 0 Å². The molecule has 0 radical (unpaired) electrons. The van der Waals surface area contributed by atoms with Gasteiger partial charge in [-0.2, -0.15) is 5.10 Å². The summed E-state index contributed by atoms with van der Waals surface area (Å²) in [4.78, 5) is 2.13. The van der Waals surface area contributed by atoms with Gasteiger partial charge < -0.3 is 15.5 Å². The average molecular weight is 335 g/mol. The van der Waals surface area contributed by atoms with Crippen LogP contribution in [0.4, 0.5) is 10.2 Å². The maximum absolute atomic E-state index is 13.6. The fourth-order valence-corrected chi connectivity index (χ4v) is 2.28. The largest absolute Gasteiger partial charge is 0.362 e. The van der Waals surface area contributed by atoms with Crippen molar-refractivity contribution in [1.29, 1.82) is 0 Å². The second-order valence-electron chi connectivity index (χ2n) is 5.53. The van der Waals surface area contributed by atoms with E-state index in [1.807, 2.05) is 26.2 Å². The number of rotatable bonds is 7. The molecular formula is C16H22FN5S. The van der Waals surface area contributed by atoms with Gasteiger partial charge in [0.05, 0.1) is 6.54 Å². The third-order valence-electron chi connectivity index (χ3n) is 3.24. The van der Waals surface area contributed by atoms with Crippen molar-refractivity contribution < 1.29 is 4.39 Å². The predicted octanol–water partition coefficient (Wildman–Crippen LogP) is 2.31. The molecule has 5 nitrogen and oxygen atoms in total. The first-order valence-corrected chi connectivity index (χ1v) is 7.92. The molecular weight excluding hydrogens is 313 g/mol. The number of aromatic nitrogens is 2. The highest BCUT2D eigenvalue weighted by Gasteiger charge is 2.05. The van der Waals surface area contributed by atoms with Crippen LogP contribution in [-0.2, 0) is 6.54 Å². The molecule has 2 rings (SSSR count). The van der Waals surface area contributed by atoms with Crippen molar-refractivity contribution in [3.05, 3.63) is 47.9 Å². The fourth-order valence-electron chi connectivity index (χ4n) is 2.08. The first kappa shape index (κ1) is 17.4. The van der Waals surface area contributed by atoms with Crippen molar-refractivity contribution in [3.63, 3.8) is 0 Å². The van der Waals surface area contributed by atoms with E-state index in [0.29, 0.717) is 23.0 Å². The topological polar surface area (TPSA) is 45.1 Å². The van der Waals surface area contributed by atoms with E-state index in [2.05, 4.69) is 20.6 Å². The summed E-state index contributed by atoms with van der Waals surface area (Å²) in [7, 11) is 4.08. The van der Waals surface area contributed by atoms with Crippen LogP contribution in [0.2, 0.25) is 0 Å². The molecule has 2 N–H and O–H groups in total. The van der Waals surface area contributed by atoms with Crippen LogP contribution in [0.15, 0.2) is 36.5 Å². The first-order valence-electron chi connectivity index (χ1n) is 7.51. The lowest BCUT2D eigenvalue weighted by atomic mass is 10.2. The van der Waals surface area contributed by atoms with Gasteiger partial charge in [-0.25, -0.2) is 4.39 Å². The highest BCUT2D eigenvalue weighted by Crippen LogP contribution is 2.10. The van der Waals surface area contributed by atoms with E-state index in [1.165, 1.54) is 6.07 Å². The quantitative estimate of drug-likeness (QED) is 0.600. The Bertz CT molecular complexity index is 641. The predicted molar refractivity (Wildman–Crippen MR) is 95.1 cm³/mol. The van der Waals surface area contributed by atoms with Crippen molar-refractivity contribution >= 4 is 23.1 Å². The second kappa shape index (κ2) is 8.59. The smallest absolute Gasteiger partial charge is 0.171 e. The Morgan fingerprint density at radius 1 is 1.30 bits per heavy atom. The molecule has 1 aromatic carbocycles. The molecule has 1 aromatic heterocycles. The summed E-state index contributed by atoms with van der Waals surface area (Å²) in [5.41, 5.74) is 0.603. The standard InChI is InChI=1S/C16H22FN5S/c1-21(2)10-5-9-18-16(23)19-15-8-11-22(20-15)12-13-6-3-4-7-14(13)17/h3-4,6-8,11H,5,9-10,12H2,1-2H3,(H2,18,19,20,23). The van der Waals surface area contributed by atoms with Crippen molar-refractivity contribution in [2.45, 2.75) is 13.0 Å². The third kappa shape index (κ3) is 5.96. The molecule has 0 unspecified atom stereocenters. The minimum absolute atomic E-state index is 0.226. The van der Waals surface area contributed by atoms with Gasteiger partial charge >= 0.3 is 0 Å². The van der Waals surface area contributed by atoms with Crippen LogP contribution in [0.25, 0.3) is 0 Å². The second-order valence-corrected chi connectivity index (χ2v) is 5.94. The van der Waals surface area contributed by atoms with Gasteiger partial charge in [0.25, 0.3) is 0 Å². The fraction of sp³-hybridized carbons (Fsp3) is 0.375. The van der Waals surface area contributed by atoms with E-state index in [0.717, 1.165) is 19.5 Å². The third-order valence-corrected chi connectivity index (χ3v) is 3.49. The molecule has 1 heterocycles. The molecule has 0 amide bonds. The molecule has 23 heavy (non-hydrogen) atoms. The Morgan fingerprint density at radius 2 is 2.09 bits per heavy atom. The van der Waals surface area contributed by atoms with Crippen molar-refractivity contribution in [3.8, 4) is 0 Å². The Labute approximate surface area is 141 Å². The van der Waals surface area contributed by atoms with Gasteiger partial charge in [-0.15, -0.1) is 0 Å². The maximum atomic E-state index is 13.6. The highest BCUT2D eigenvalue weighted by atomic mass is 32.1. The van der Waals surface area contributed by atoms with Gasteiger partial charge in [-0.1, -0.05) is 18.2 Å². The Balaban J connectivity index is 1.80. The molecule has 7 heteroatoms. The maximum Gasteiger partial charge on any atom is 0.171 e. The number of anilines is 1. The normalized spacial score (nSPS) is 10.8. The van der Waals surface area contributed by atoms with Gasteiger partial charge in [0.1, 0.15) is 5.82 Å². The minimum atomic E-state index is -0.226. The van der Waals surface area contributed by atoms with E-state index >= 15 is 0 Å². The van der Waals surface area contributed by atoms with Crippen LogP contribution in [0.1, 0.15) is 12.0 Å². The number of hydrogen-bond donors (Lipinski definition) is 2. The molecule has 0 aliphatic rings. The lowest BCUT2D eigenvalue weighted by Crippen LogP contribution is -2.31. The van der Waals surface area contributed by atoms with Crippen LogP contribution in [-0.4, -0.2) is 47.0 Å². The Morgan fingerprint density at radius 3 is 2.83 bits per heavy atom. The number of nitrogens with one attached hydrogen (secondary N) is 2. The summed E-state index contributed by atoms with van der Waals surface area (Å²) in [5, 5.41) is 11.1. The summed E-state index contributed by atoms with van der Waals surface area (Å²) in [6.07, 6.45) is 2.81. The molecule has 0 bridgehead atoms. The SMILES string of the molecule is CN(C)CCCNC(=S)Nc1ccn(Cc2ccccc2F)n1. The number of halogens is 1. The number of benzene rings is 1. The van der Waals surface area contributed by atoms with Gasteiger partial charge in [-0.3, -0.25) is 4.68 Å². The molecule has 0 saturated heterocycles. The zero-order valence-corrected chi connectivity index (χ0v) is 14.2. The Hall–Kier alpha value is -1.99. The van der Waals surface area contributed by atoms with Gasteiger partial charge in [0.2, 0.25) is 0 Å². The van der Waals surface area contributed by atoms with Crippen LogP contribution in [0.5, 0.6) is 0 Å². The summed E-state index contributed by atoms with van der Waals surface area (Å²) in [5.74, 6) is 0.419. The molecule has 0 saturated carbocycles.